The maximum atomic E-state index is 14.0. The van der Waals surface area contributed by atoms with Crippen LogP contribution in [0.3, 0.4) is 0 Å². The molecule has 4 N–H and O–H groups in total. The number of rotatable bonds is 12. The van der Waals surface area contributed by atoms with E-state index in [1.165, 1.54) is 0 Å². The minimum absolute atomic E-state index is 0.0453. The van der Waals surface area contributed by atoms with E-state index in [4.69, 9.17) is 4.74 Å². The zero-order valence-corrected chi connectivity index (χ0v) is 29.4. The Morgan fingerprint density at radius 2 is 1.43 bits per heavy atom. The van der Waals surface area contributed by atoms with Crippen LogP contribution in [-0.2, 0) is 22.6 Å². The zero-order chi connectivity index (χ0) is 34.0. The van der Waals surface area contributed by atoms with Gasteiger partial charge >= 0.3 is 6.03 Å². The number of piperidine rings is 1. The number of hydrogen-bond acceptors (Lipinski definition) is 5. The van der Waals surface area contributed by atoms with E-state index in [0.29, 0.717) is 32.5 Å². The van der Waals surface area contributed by atoms with Gasteiger partial charge in [0.15, 0.2) is 0 Å². The first kappa shape index (κ1) is 36.2. The topological polar surface area (TPSA) is 112 Å². The molecule has 4 rings (SSSR count). The van der Waals surface area contributed by atoms with Gasteiger partial charge in [-0.1, -0.05) is 69.2 Å². The molecule has 0 bridgehead atoms. The van der Waals surface area contributed by atoms with E-state index >= 15 is 0 Å². The lowest BCUT2D eigenvalue weighted by Crippen LogP contribution is -2.63. The number of nitrogens with one attached hydrogen (secondary N) is 4. The highest BCUT2D eigenvalue weighted by Crippen LogP contribution is 2.28. The van der Waals surface area contributed by atoms with Crippen LogP contribution in [0.1, 0.15) is 97.6 Å². The van der Waals surface area contributed by atoms with Gasteiger partial charge in [0, 0.05) is 36.6 Å². The summed E-state index contributed by atoms with van der Waals surface area (Å²) in [7, 11) is 0. The van der Waals surface area contributed by atoms with Gasteiger partial charge < -0.3 is 30.9 Å². The van der Waals surface area contributed by atoms with E-state index in [0.717, 1.165) is 55.4 Å². The summed E-state index contributed by atoms with van der Waals surface area (Å²) >= 11 is 0. The summed E-state index contributed by atoms with van der Waals surface area (Å²) in [6.45, 7) is 14.5. The standard InChI is InChI=1S/C38H57N5O4/c1-27(2)22-32(41-36(46)43-20-12-7-8-13-21-43)35(45)40-33(34(44)39-30-24-37(3,4)42-38(5,6)25-30)23-28-16-18-31(19-17-28)47-26-29-14-10-9-11-15-29/h9-11,14-19,27,30,32-33,42H,7-8,12-13,20-26H2,1-6H3,(H,39,44)(H,40,45)(H,41,46)/t32-,33-/m0/s1. The first-order valence-corrected chi connectivity index (χ1v) is 17.5. The molecule has 4 amide bonds. The van der Waals surface area contributed by atoms with Crippen molar-refractivity contribution in [3.63, 3.8) is 0 Å². The monoisotopic (exact) mass is 647 g/mol. The third-order valence-corrected chi connectivity index (χ3v) is 9.00. The highest BCUT2D eigenvalue weighted by atomic mass is 16.5. The molecular formula is C38H57N5O4. The third kappa shape index (κ3) is 11.9. The van der Waals surface area contributed by atoms with Gasteiger partial charge in [0.05, 0.1) is 0 Å². The molecular weight excluding hydrogens is 590 g/mol. The van der Waals surface area contributed by atoms with E-state index in [1.807, 2.05) is 73.3 Å². The van der Waals surface area contributed by atoms with Crippen LogP contribution in [0.25, 0.3) is 0 Å². The molecule has 0 aliphatic carbocycles. The summed E-state index contributed by atoms with van der Waals surface area (Å²) < 4.78 is 5.97. The quantitative estimate of drug-likeness (QED) is 0.236. The van der Waals surface area contributed by atoms with Crippen LogP contribution in [0, 0.1) is 5.92 Å². The van der Waals surface area contributed by atoms with E-state index in [9.17, 15) is 14.4 Å². The van der Waals surface area contributed by atoms with Gasteiger partial charge in [0.25, 0.3) is 0 Å². The predicted octanol–water partition coefficient (Wildman–Crippen LogP) is 5.72. The molecule has 47 heavy (non-hydrogen) atoms. The lowest BCUT2D eigenvalue weighted by atomic mass is 9.79. The van der Waals surface area contributed by atoms with E-state index in [-0.39, 0.29) is 40.9 Å². The SMILES string of the molecule is CC(C)C[C@H](NC(=O)N1CCCCCC1)C(=O)N[C@@H](Cc1ccc(OCc2ccccc2)cc1)C(=O)NC1CC(C)(C)NC(C)(C)C1. The molecule has 0 saturated carbocycles. The molecule has 2 aromatic rings. The highest BCUT2D eigenvalue weighted by molar-refractivity contribution is 5.92. The van der Waals surface area contributed by atoms with Crippen molar-refractivity contribution in [3.05, 3.63) is 65.7 Å². The summed E-state index contributed by atoms with van der Waals surface area (Å²) in [6, 6.07) is 15.9. The van der Waals surface area contributed by atoms with Crippen LogP contribution >= 0.6 is 0 Å². The van der Waals surface area contributed by atoms with Crippen LogP contribution in [0.5, 0.6) is 5.75 Å². The first-order valence-electron chi connectivity index (χ1n) is 17.5. The Morgan fingerprint density at radius 1 is 0.809 bits per heavy atom. The van der Waals surface area contributed by atoms with Crippen molar-refractivity contribution in [1.29, 1.82) is 0 Å². The molecule has 2 atom stereocenters. The number of likely N-dealkylation sites (tertiary alicyclic amines) is 1. The predicted molar refractivity (Wildman–Crippen MR) is 187 cm³/mol. The summed E-state index contributed by atoms with van der Waals surface area (Å²) in [4.78, 5) is 42.9. The van der Waals surface area contributed by atoms with Crippen molar-refractivity contribution in [3.8, 4) is 5.75 Å². The summed E-state index contributed by atoms with van der Waals surface area (Å²) in [5.41, 5.74) is 1.69. The van der Waals surface area contributed by atoms with Gasteiger partial charge in [-0.05, 0) is 89.0 Å². The van der Waals surface area contributed by atoms with Crippen molar-refractivity contribution < 1.29 is 19.1 Å². The summed E-state index contributed by atoms with van der Waals surface area (Å²) in [6.07, 6.45) is 6.50. The number of nitrogens with zero attached hydrogens (tertiary/aromatic N) is 1. The highest BCUT2D eigenvalue weighted by Gasteiger charge is 2.39. The number of benzene rings is 2. The second-order valence-corrected chi connectivity index (χ2v) is 15.2. The van der Waals surface area contributed by atoms with Crippen molar-refractivity contribution in [1.82, 2.24) is 26.2 Å². The molecule has 9 nitrogen and oxygen atoms in total. The number of carbonyl (C=O) groups excluding carboxylic acids is 3. The molecule has 0 unspecified atom stereocenters. The zero-order valence-electron chi connectivity index (χ0n) is 29.4. The van der Waals surface area contributed by atoms with Crippen LogP contribution in [0.2, 0.25) is 0 Å². The average Bonchev–Trinajstić information content (AvgIpc) is 3.29. The molecule has 2 fully saturated rings. The fourth-order valence-corrected chi connectivity index (χ4v) is 7.12. The molecule has 2 aliphatic heterocycles. The van der Waals surface area contributed by atoms with E-state index in [2.05, 4.69) is 49.0 Å². The molecule has 258 valence electrons. The van der Waals surface area contributed by atoms with E-state index in [1.54, 1.807) is 0 Å². The molecule has 0 aromatic heterocycles. The first-order chi connectivity index (χ1) is 22.3. The number of ether oxygens (including phenoxy) is 1. The van der Waals surface area contributed by atoms with E-state index < -0.39 is 12.1 Å². The average molecular weight is 648 g/mol. The second-order valence-electron chi connectivity index (χ2n) is 15.2. The van der Waals surface area contributed by atoms with Crippen molar-refractivity contribution in [2.75, 3.05) is 13.1 Å². The number of urea groups is 1. The normalized spacial score (nSPS) is 19.3. The number of carbonyl (C=O) groups is 3. The smallest absolute Gasteiger partial charge is 0.318 e. The number of hydrogen-bond donors (Lipinski definition) is 4. The molecule has 2 saturated heterocycles. The lowest BCUT2D eigenvalue weighted by Gasteiger charge is -2.46. The molecule has 2 aliphatic rings. The van der Waals surface area contributed by atoms with Crippen LogP contribution in [0.15, 0.2) is 54.6 Å². The minimum atomic E-state index is -0.815. The summed E-state index contributed by atoms with van der Waals surface area (Å²) in [5.74, 6) is 0.347. The van der Waals surface area contributed by atoms with Gasteiger partial charge in [-0.15, -0.1) is 0 Å². The van der Waals surface area contributed by atoms with Gasteiger partial charge in [-0.2, -0.15) is 0 Å². The van der Waals surface area contributed by atoms with Gasteiger partial charge in [0.2, 0.25) is 11.8 Å². The maximum absolute atomic E-state index is 14.0. The molecule has 2 heterocycles. The molecule has 2 aromatic carbocycles. The number of amides is 4. The van der Waals surface area contributed by atoms with Crippen LogP contribution in [0.4, 0.5) is 4.79 Å². The Kier molecular flexibility index (Phi) is 12.7. The maximum Gasteiger partial charge on any atom is 0.318 e. The van der Waals surface area contributed by atoms with Crippen LogP contribution in [-0.4, -0.2) is 65.0 Å². The third-order valence-electron chi connectivity index (χ3n) is 9.00. The Bertz CT molecular complexity index is 1290. The largest absolute Gasteiger partial charge is 0.489 e. The lowest BCUT2D eigenvalue weighted by molar-refractivity contribution is -0.130. The van der Waals surface area contributed by atoms with Gasteiger partial charge in [-0.3, -0.25) is 9.59 Å². The fraction of sp³-hybridized carbons (Fsp3) is 0.605. The Morgan fingerprint density at radius 3 is 2.02 bits per heavy atom. The minimum Gasteiger partial charge on any atom is -0.489 e. The Labute approximate surface area is 282 Å². The van der Waals surface area contributed by atoms with Crippen molar-refractivity contribution in [2.45, 2.75) is 129 Å². The molecule has 9 heteroatoms. The Balaban J connectivity index is 1.49. The van der Waals surface area contributed by atoms with Gasteiger partial charge in [-0.25, -0.2) is 4.79 Å². The molecule has 0 spiro atoms. The second kappa shape index (κ2) is 16.5. The van der Waals surface area contributed by atoms with Gasteiger partial charge in [0.1, 0.15) is 24.4 Å². The van der Waals surface area contributed by atoms with Crippen molar-refractivity contribution in [2.24, 2.45) is 5.92 Å². The van der Waals surface area contributed by atoms with Crippen LogP contribution < -0.4 is 26.0 Å². The molecule has 0 radical (unpaired) electrons. The summed E-state index contributed by atoms with van der Waals surface area (Å²) in [5, 5.41) is 13.0. The van der Waals surface area contributed by atoms with Crippen molar-refractivity contribution >= 4 is 17.8 Å². The fourth-order valence-electron chi connectivity index (χ4n) is 7.12. The Hall–Kier alpha value is -3.59.